The summed E-state index contributed by atoms with van der Waals surface area (Å²) in [6, 6.07) is 6.99. The molecule has 1 heterocycles. The van der Waals surface area contributed by atoms with Gasteiger partial charge in [0, 0.05) is 12.7 Å². The van der Waals surface area contributed by atoms with Crippen molar-refractivity contribution in [3.63, 3.8) is 0 Å². The SMILES string of the molecule is O=S(=O)(NCc1cccc(C(F)(F)F)c1)c1ccc(Cl)nc1. The quantitative estimate of drug-likeness (QED) is 0.861. The normalized spacial score (nSPS) is 12.4. The molecule has 1 aromatic carbocycles. The fourth-order valence-corrected chi connectivity index (χ4v) is 2.71. The molecule has 1 aromatic heterocycles. The Balaban J connectivity index is 2.14. The van der Waals surface area contributed by atoms with E-state index in [1.807, 2.05) is 0 Å². The van der Waals surface area contributed by atoms with Crippen LogP contribution < -0.4 is 4.72 Å². The van der Waals surface area contributed by atoms with Crippen molar-refractivity contribution in [2.45, 2.75) is 17.6 Å². The summed E-state index contributed by atoms with van der Waals surface area (Å²) in [5, 5.41) is 0.136. The molecular weight excluding hydrogens is 341 g/mol. The highest BCUT2D eigenvalue weighted by Gasteiger charge is 2.30. The average Bonchev–Trinajstić information content (AvgIpc) is 2.45. The summed E-state index contributed by atoms with van der Waals surface area (Å²) >= 11 is 5.56. The summed E-state index contributed by atoms with van der Waals surface area (Å²) < 4.78 is 63.9. The van der Waals surface area contributed by atoms with Gasteiger partial charge in [-0.3, -0.25) is 0 Å². The second kappa shape index (κ2) is 6.23. The Morgan fingerprint density at radius 1 is 1.18 bits per heavy atom. The highest BCUT2D eigenvalue weighted by atomic mass is 35.5. The van der Waals surface area contributed by atoms with Crippen LogP contribution >= 0.6 is 11.6 Å². The Morgan fingerprint density at radius 3 is 2.50 bits per heavy atom. The molecule has 0 bridgehead atoms. The lowest BCUT2D eigenvalue weighted by molar-refractivity contribution is -0.137. The molecule has 2 aromatic rings. The predicted molar refractivity (Wildman–Crippen MR) is 74.7 cm³/mol. The van der Waals surface area contributed by atoms with E-state index in [0.717, 1.165) is 18.3 Å². The van der Waals surface area contributed by atoms with E-state index in [-0.39, 0.29) is 22.2 Å². The van der Waals surface area contributed by atoms with Crippen LogP contribution in [0.1, 0.15) is 11.1 Å². The van der Waals surface area contributed by atoms with Crippen molar-refractivity contribution in [2.24, 2.45) is 0 Å². The van der Waals surface area contributed by atoms with Gasteiger partial charge in [-0.05, 0) is 23.8 Å². The van der Waals surface area contributed by atoms with E-state index in [9.17, 15) is 21.6 Å². The van der Waals surface area contributed by atoms with Gasteiger partial charge in [0.2, 0.25) is 10.0 Å². The van der Waals surface area contributed by atoms with Crippen molar-refractivity contribution >= 4 is 21.6 Å². The van der Waals surface area contributed by atoms with Gasteiger partial charge in [-0.25, -0.2) is 18.1 Å². The first-order valence-electron chi connectivity index (χ1n) is 5.96. The molecule has 2 rings (SSSR count). The van der Waals surface area contributed by atoms with Crippen molar-refractivity contribution in [1.82, 2.24) is 9.71 Å². The number of benzene rings is 1. The van der Waals surface area contributed by atoms with Crippen LogP contribution in [0.5, 0.6) is 0 Å². The van der Waals surface area contributed by atoms with Crippen LogP contribution in [0.3, 0.4) is 0 Å². The van der Waals surface area contributed by atoms with Crippen LogP contribution in [0.15, 0.2) is 47.5 Å². The Hall–Kier alpha value is -1.64. The smallest absolute Gasteiger partial charge is 0.243 e. The molecule has 22 heavy (non-hydrogen) atoms. The molecule has 0 saturated carbocycles. The standard InChI is InChI=1S/C13H10ClF3N2O2S/c14-12-5-4-11(8-18-12)22(20,21)19-7-9-2-1-3-10(6-9)13(15,16)17/h1-6,8,19H,7H2. The van der Waals surface area contributed by atoms with Crippen LogP contribution in [0.4, 0.5) is 13.2 Å². The van der Waals surface area contributed by atoms with Crippen LogP contribution in [0, 0.1) is 0 Å². The molecule has 0 aliphatic carbocycles. The van der Waals surface area contributed by atoms with E-state index in [4.69, 9.17) is 11.6 Å². The van der Waals surface area contributed by atoms with Gasteiger partial charge in [-0.15, -0.1) is 0 Å². The summed E-state index contributed by atoms with van der Waals surface area (Å²) in [7, 11) is -3.88. The zero-order chi connectivity index (χ0) is 16.4. The highest BCUT2D eigenvalue weighted by Crippen LogP contribution is 2.29. The molecular formula is C13H10ClF3N2O2S. The van der Waals surface area contributed by atoms with E-state index in [1.54, 1.807) is 0 Å². The van der Waals surface area contributed by atoms with Gasteiger partial charge < -0.3 is 0 Å². The first-order valence-corrected chi connectivity index (χ1v) is 7.82. The Bertz CT molecular complexity index is 762. The van der Waals surface area contributed by atoms with Crippen LogP contribution in [-0.2, 0) is 22.7 Å². The fourth-order valence-electron chi connectivity index (χ4n) is 1.64. The van der Waals surface area contributed by atoms with Gasteiger partial charge in [0.05, 0.1) is 5.56 Å². The zero-order valence-corrected chi connectivity index (χ0v) is 12.5. The summed E-state index contributed by atoms with van der Waals surface area (Å²) in [6.07, 6.45) is -3.41. The molecule has 0 atom stereocenters. The maximum absolute atomic E-state index is 12.6. The summed E-state index contributed by atoms with van der Waals surface area (Å²) in [6.45, 7) is -0.269. The fraction of sp³-hybridized carbons (Fsp3) is 0.154. The predicted octanol–water partition coefficient (Wildman–Crippen LogP) is 3.23. The Kier molecular flexibility index (Phi) is 4.74. The van der Waals surface area contributed by atoms with Gasteiger partial charge in [-0.1, -0.05) is 29.8 Å². The number of pyridine rings is 1. The third kappa shape index (κ3) is 4.19. The molecule has 0 unspecified atom stereocenters. The number of sulfonamides is 1. The zero-order valence-electron chi connectivity index (χ0n) is 10.9. The summed E-state index contributed by atoms with van der Waals surface area (Å²) in [4.78, 5) is 3.52. The topological polar surface area (TPSA) is 59.1 Å². The molecule has 0 amide bonds. The Labute approximate surface area is 130 Å². The van der Waals surface area contributed by atoms with E-state index in [1.165, 1.54) is 24.3 Å². The van der Waals surface area contributed by atoms with Crippen LogP contribution in [0.25, 0.3) is 0 Å². The number of rotatable bonds is 4. The lowest BCUT2D eigenvalue weighted by atomic mass is 10.1. The molecule has 0 spiro atoms. The van der Waals surface area contributed by atoms with E-state index >= 15 is 0 Å². The number of hydrogen-bond acceptors (Lipinski definition) is 3. The molecule has 0 fully saturated rings. The average molecular weight is 351 g/mol. The number of nitrogens with zero attached hydrogens (tertiary/aromatic N) is 1. The van der Waals surface area contributed by atoms with Crippen LogP contribution in [0.2, 0.25) is 5.15 Å². The molecule has 0 aliphatic heterocycles. The number of halogens is 4. The number of alkyl halides is 3. The third-order valence-electron chi connectivity index (χ3n) is 2.73. The van der Waals surface area contributed by atoms with Gasteiger partial charge in [0.15, 0.2) is 0 Å². The number of nitrogens with one attached hydrogen (secondary N) is 1. The Morgan fingerprint density at radius 2 is 1.91 bits per heavy atom. The summed E-state index contributed by atoms with van der Waals surface area (Å²) in [5.41, 5.74) is -0.641. The van der Waals surface area contributed by atoms with E-state index < -0.39 is 21.8 Å². The van der Waals surface area contributed by atoms with Crippen molar-refractivity contribution in [2.75, 3.05) is 0 Å². The first kappa shape index (κ1) is 16.7. The van der Waals surface area contributed by atoms with Gasteiger partial charge in [0.25, 0.3) is 0 Å². The van der Waals surface area contributed by atoms with Gasteiger partial charge >= 0.3 is 6.18 Å². The first-order chi connectivity index (χ1) is 10.2. The number of aromatic nitrogens is 1. The van der Waals surface area contributed by atoms with Crippen molar-refractivity contribution in [3.05, 3.63) is 58.9 Å². The van der Waals surface area contributed by atoms with Crippen molar-refractivity contribution in [3.8, 4) is 0 Å². The highest BCUT2D eigenvalue weighted by molar-refractivity contribution is 7.89. The third-order valence-corrected chi connectivity index (χ3v) is 4.34. The van der Waals surface area contributed by atoms with Crippen molar-refractivity contribution < 1.29 is 21.6 Å². The minimum atomic E-state index is -4.48. The van der Waals surface area contributed by atoms with Crippen molar-refractivity contribution in [1.29, 1.82) is 0 Å². The molecule has 0 radical (unpaired) electrons. The molecule has 118 valence electrons. The van der Waals surface area contributed by atoms with E-state index in [0.29, 0.717) is 0 Å². The lowest BCUT2D eigenvalue weighted by Gasteiger charge is -2.10. The molecule has 1 N–H and O–H groups in total. The largest absolute Gasteiger partial charge is 0.416 e. The maximum Gasteiger partial charge on any atom is 0.416 e. The van der Waals surface area contributed by atoms with Gasteiger partial charge in [-0.2, -0.15) is 13.2 Å². The summed E-state index contributed by atoms with van der Waals surface area (Å²) in [5.74, 6) is 0. The van der Waals surface area contributed by atoms with E-state index in [2.05, 4.69) is 9.71 Å². The second-order valence-electron chi connectivity index (χ2n) is 4.34. The molecule has 0 aliphatic rings. The second-order valence-corrected chi connectivity index (χ2v) is 6.49. The van der Waals surface area contributed by atoms with Crippen LogP contribution in [-0.4, -0.2) is 13.4 Å². The monoisotopic (exact) mass is 350 g/mol. The molecule has 9 heteroatoms. The number of hydrogen-bond donors (Lipinski definition) is 1. The molecule has 0 saturated heterocycles. The minimum absolute atomic E-state index is 0.121. The molecule has 4 nitrogen and oxygen atoms in total. The minimum Gasteiger partial charge on any atom is -0.243 e. The lowest BCUT2D eigenvalue weighted by Crippen LogP contribution is -2.23. The maximum atomic E-state index is 12.6. The van der Waals surface area contributed by atoms with Gasteiger partial charge in [0.1, 0.15) is 10.0 Å².